The van der Waals surface area contributed by atoms with E-state index in [-0.39, 0.29) is 0 Å². The monoisotopic (exact) mass is 406 g/mol. The van der Waals surface area contributed by atoms with Gasteiger partial charge in [0.25, 0.3) is 0 Å². The van der Waals surface area contributed by atoms with E-state index in [1.807, 2.05) is 61.5 Å². The average molecular weight is 407 g/mol. The molecule has 146 valence electrons. The topological polar surface area (TPSA) is 84.2 Å². The first-order valence-electron chi connectivity index (χ1n) is 8.95. The van der Waals surface area contributed by atoms with Gasteiger partial charge >= 0.3 is 0 Å². The number of aromatic amines is 1. The van der Waals surface area contributed by atoms with E-state index >= 15 is 0 Å². The maximum absolute atomic E-state index is 11.3. The number of imidazole rings is 1. The van der Waals surface area contributed by atoms with E-state index in [1.54, 1.807) is 18.2 Å². The fourth-order valence-electron chi connectivity index (χ4n) is 3.02. The van der Waals surface area contributed by atoms with Crippen molar-refractivity contribution < 1.29 is 9.53 Å². The Bertz CT molecular complexity index is 1200. The summed E-state index contributed by atoms with van der Waals surface area (Å²) in [6, 6.07) is 18.3. The second kappa shape index (κ2) is 7.48. The van der Waals surface area contributed by atoms with Crippen molar-refractivity contribution in [3.05, 3.63) is 71.2 Å². The van der Waals surface area contributed by atoms with Crippen LogP contribution in [-0.4, -0.2) is 30.0 Å². The first-order valence-corrected chi connectivity index (χ1v) is 9.33. The van der Waals surface area contributed by atoms with Crippen molar-refractivity contribution in [2.45, 2.75) is 0 Å². The van der Waals surface area contributed by atoms with E-state index in [4.69, 9.17) is 22.1 Å². The van der Waals surface area contributed by atoms with Crippen LogP contribution in [0.4, 0.5) is 5.69 Å². The van der Waals surface area contributed by atoms with Crippen LogP contribution in [0, 0.1) is 0 Å². The van der Waals surface area contributed by atoms with Gasteiger partial charge in [-0.25, -0.2) is 4.98 Å². The molecule has 1 amide bonds. The summed E-state index contributed by atoms with van der Waals surface area (Å²) in [5, 5.41) is 0.669. The zero-order chi connectivity index (χ0) is 20.5. The molecular weight excluding hydrogens is 388 g/mol. The van der Waals surface area contributed by atoms with Crippen molar-refractivity contribution >= 4 is 34.2 Å². The summed E-state index contributed by atoms with van der Waals surface area (Å²) in [4.78, 5) is 21.1. The van der Waals surface area contributed by atoms with Gasteiger partial charge in [-0.3, -0.25) is 4.79 Å². The number of carbonyl (C=O) groups excluding carboxylic acids is 1. The molecule has 0 aliphatic heterocycles. The Morgan fingerprint density at radius 2 is 1.76 bits per heavy atom. The molecule has 0 fully saturated rings. The van der Waals surface area contributed by atoms with Gasteiger partial charge in [0.15, 0.2) is 0 Å². The standard InChI is InChI=1S/C22H19ClN4O2/c1-27(2)20-12-16(8-9-17(20)23)29-15-6-3-13(4-7-15)22-25-18-10-5-14(21(24)28)11-19(18)26-22/h3-12H,1-2H3,(H2,24,28)(H,25,26). The summed E-state index contributed by atoms with van der Waals surface area (Å²) in [6.07, 6.45) is 0. The number of ether oxygens (including phenoxy) is 1. The molecule has 0 spiro atoms. The minimum atomic E-state index is -0.468. The lowest BCUT2D eigenvalue weighted by Crippen LogP contribution is -2.10. The minimum Gasteiger partial charge on any atom is -0.457 e. The van der Waals surface area contributed by atoms with Gasteiger partial charge in [-0.2, -0.15) is 0 Å². The normalized spacial score (nSPS) is 10.9. The van der Waals surface area contributed by atoms with Crippen LogP contribution < -0.4 is 15.4 Å². The molecule has 29 heavy (non-hydrogen) atoms. The molecule has 0 saturated heterocycles. The SMILES string of the molecule is CN(C)c1cc(Oc2ccc(-c3nc4ccc(C(N)=O)cc4[nH]3)cc2)ccc1Cl. The van der Waals surface area contributed by atoms with E-state index in [1.165, 1.54) is 0 Å². The number of nitrogens with one attached hydrogen (secondary N) is 1. The molecule has 1 heterocycles. The van der Waals surface area contributed by atoms with E-state index in [9.17, 15) is 4.79 Å². The number of aromatic nitrogens is 2. The first-order chi connectivity index (χ1) is 13.9. The third-order valence-corrected chi connectivity index (χ3v) is 4.85. The Morgan fingerprint density at radius 1 is 1.03 bits per heavy atom. The Hall–Kier alpha value is -3.51. The number of fused-ring (bicyclic) bond motifs is 1. The van der Waals surface area contributed by atoms with Crippen molar-refractivity contribution in [3.63, 3.8) is 0 Å². The molecule has 1 aromatic heterocycles. The van der Waals surface area contributed by atoms with Gasteiger partial charge in [0.1, 0.15) is 17.3 Å². The lowest BCUT2D eigenvalue weighted by Gasteiger charge is -2.16. The highest BCUT2D eigenvalue weighted by atomic mass is 35.5. The number of anilines is 1. The molecule has 3 N–H and O–H groups in total. The van der Waals surface area contributed by atoms with Gasteiger partial charge in [-0.1, -0.05) is 11.6 Å². The molecule has 0 aliphatic carbocycles. The molecule has 4 aromatic rings. The van der Waals surface area contributed by atoms with Crippen molar-refractivity contribution in [1.29, 1.82) is 0 Å². The second-order valence-corrected chi connectivity index (χ2v) is 7.22. The molecule has 0 aliphatic rings. The van der Waals surface area contributed by atoms with E-state index < -0.39 is 5.91 Å². The number of H-pyrrole nitrogens is 1. The number of benzene rings is 3. The summed E-state index contributed by atoms with van der Waals surface area (Å²) in [6.45, 7) is 0. The van der Waals surface area contributed by atoms with Crippen molar-refractivity contribution in [2.75, 3.05) is 19.0 Å². The number of halogens is 1. The molecule has 0 saturated carbocycles. The maximum Gasteiger partial charge on any atom is 0.248 e. The molecule has 0 bridgehead atoms. The van der Waals surface area contributed by atoms with Crippen LogP contribution in [0.15, 0.2) is 60.7 Å². The van der Waals surface area contributed by atoms with Crippen molar-refractivity contribution in [3.8, 4) is 22.9 Å². The molecule has 7 heteroatoms. The quantitative estimate of drug-likeness (QED) is 0.496. The summed E-state index contributed by atoms with van der Waals surface area (Å²) >= 11 is 6.21. The number of hydrogen-bond acceptors (Lipinski definition) is 4. The number of hydrogen-bond donors (Lipinski definition) is 2. The predicted molar refractivity (Wildman–Crippen MR) is 116 cm³/mol. The van der Waals surface area contributed by atoms with E-state index in [0.29, 0.717) is 27.9 Å². The highest BCUT2D eigenvalue weighted by Crippen LogP contribution is 2.32. The molecule has 3 aromatic carbocycles. The maximum atomic E-state index is 11.3. The van der Waals surface area contributed by atoms with Gasteiger partial charge in [0, 0.05) is 31.3 Å². The van der Waals surface area contributed by atoms with Gasteiger partial charge in [-0.05, 0) is 54.6 Å². The Balaban J connectivity index is 1.57. The first kappa shape index (κ1) is 18.8. The smallest absolute Gasteiger partial charge is 0.248 e. The lowest BCUT2D eigenvalue weighted by atomic mass is 10.2. The Morgan fingerprint density at radius 3 is 2.45 bits per heavy atom. The molecule has 0 radical (unpaired) electrons. The summed E-state index contributed by atoms with van der Waals surface area (Å²) in [7, 11) is 3.86. The average Bonchev–Trinajstić information content (AvgIpc) is 3.13. The van der Waals surface area contributed by atoms with Crippen LogP contribution in [0.1, 0.15) is 10.4 Å². The third-order valence-electron chi connectivity index (χ3n) is 4.53. The molecule has 6 nitrogen and oxygen atoms in total. The zero-order valence-corrected chi connectivity index (χ0v) is 16.7. The number of nitrogens with zero attached hydrogens (tertiary/aromatic N) is 2. The predicted octanol–water partition coefficient (Wildman–Crippen LogP) is 4.84. The summed E-state index contributed by atoms with van der Waals surface area (Å²) < 4.78 is 5.95. The van der Waals surface area contributed by atoms with Crippen LogP contribution in [0.5, 0.6) is 11.5 Å². The van der Waals surface area contributed by atoms with Gasteiger partial charge < -0.3 is 20.4 Å². The van der Waals surface area contributed by atoms with Gasteiger partial charge in [0.05, 0.1) is 21.7 Å². The lowest BCUT2D eigenvalue weighted by molar-refractivity contribution is 0.100. The number of nitrogens with two attached hydrogens (primary N) is 1. The number of carbonyl (C=O) groups is 1. The van der Waals surface area contributed by atoms with Crippen molar-refractivity contribution in [1.82, 2.24) is 9.97 Å². The summed E-state index contributed by atoms with van der Waals surface area (Å²) in [5.74, 6) is 1.64. The molecular formula is C22H19ClN4O2. The molecule has 0 unspecified atom stereocenters. The number of rotatable bonds is 5. The Labute approximate surface area is 172 Å². The van der Waals surface area contributed by atoms with Crippen LogP contribution in [0.25, 0.3) is 22.4 Å². The van der Waals surface area contributed by atoms with E-state index in [0.717, 1.165) is 22.3 Å². The zero-order valence-electron chi connectivity index (χ0n) is 15.9. The minimum absolute atomic E-state index is 0.441. The van der Waals surface area contributed by atoms with Crippen LogP contribution in [0.2, 0.25) is 5.02 Å². The van der Waals surface area contributed by atoms with Crippen LogP contribution in [0.3, 0.4) is 0 Å². The van der Waals surface area contributed by atoms with Crippen LogP contribution in [-0.2, 0) is 0 Å². The highest BCUT2D eigenvalue weighted by Gasteiger charge is 2.09. The fraction of sp³-hybridized carbons (Fsp3) is 0.0909. The largest absolute Gasteiger partial charge is 0.457 e. The number of primary amides is 1. The van der Waals surface area contributed by atoms with Crippen LogP contribution >= 0.6 is 11.6 Å². The summed E-state index contributed by atoms with van der Waals surface area (Å²) in [5.41, 5.74) is 9.09. The molecule has 4 rings (SSSR count). The number of amides is 1. The van der Waals surface area contributed by atoms with E-state index in [2.05, 4.69) is 9.97 Å². The second-order valence-electron chi connectivity index (χ2n) is 6.82. The molecule has 0 atom stereocenters. The fourth-order valence-corrected chi connectivity index (χ4v) is 3.30. The Kier molecular flexibility index (Phi) is 4.86. The van der Waals surface area contributed by atoms with Gasteiger partial charge in [-0.15, -0.1) is 0 Å². The highest BCUT2D eigenvalue weighted by molar-refractivity contribution is 6.33. The van der Waals surface area contributed by atoms with Gasteiger partial charge in [0.2, 0.25) is 5.91 Å². The van der Waals surface area contributed by atoms with Crippen molar-refractivity contribution in [2.24, 2.45) is 5.73 Å². The third kappa shape index (κ3) is 3.88.